The number of aliphatic imine (C=N–C) groups is 1. The van der Waals surface area contributed by atoms with Crippen molar-refractivity contribution in [3.05, 3.63) is 82.5 Å². The summed E-state index contributed by atoms with van der Waals surface area (Å²) in [6.45, 7) is 4.18. The number of benzene rings is 2. The fraction of sp³-hybridized carbons (Fsp3) is 0.167. The first-order valence-corrected chi connectivity index (χ1v) is 10.3. The minimum Gasteiger partial charge on any atom is -0.318 e. The SMILES string of the molecule is CN=C1S/C(=C\c2cc(C)n(-c3ccc(-c4ccccc4)cc3)c2C)C(=O)N1C. The van der Waals surface area contributed by atoms with Crippen molar-refractivity contribution in [3.63, 3.8) is 0 Å². The number of amidine groups is 1. The summed E-state index contributed by atoms with van der Waals surface area (Å²) in [6.07, 6.45) is 1.97. The third-order valence-electron chi connectivity index (χ3n) is 5.18. The molecule has 3 aromatic rings. The van der Waals surface area contributed by atoms with Gasteiger partial charge in [-0.2, -0.15) is 0 Å². The molecule has 0 N–H and O–H groups in total. The molecule has 2 aromatic carbocycles. The highest BCUT2D eigenvalue weighted by atomic mass is 32.2. The van der Waals surface area contributed by atoms with Crippen LogP contribution in [0.1, 0.15) is 17.0 Å². The Hall–Kier alpha value is -3.05. The second kappa shape index (κ2) is 7.76. The fourth-order valence-corrected chi connectivity index (χ4v) is 4.57. The lowest BCUT2D eigenvalue weighted by atomic mass is 10.1. The van der Waals surface area contributed by atoms with E-state index in [1.807, 2.05) is 12.1 Å². The molecule has 2 heterocycles. The molecule has 0 saturated carbocycles. The van der Waals surface area contributed by atoms with Crippen molar-refractivity contribution in [2.45, 2.75) is 13.8 Å². The van der Waals surface area contributed by atoms with E-state index in [0.717, 1.165) is 27.8 Å². The highest BCUT2D eigenvalue weighted by Crippen LogP contribution is 2.33. The summed E-state index contributed by atoms with van der Waals surface area (Å²) in [7, 11) is 3.47. The molecule has 1 aliphatic heterocycles. The smallest absolute Gasteiger partial charge is 0.266 e. The highest BCUT2D eigenvalue weighted by molar-refractivity contribution is 8.18. The summed E-state index contributed by atoms with van der Waals surface area (Å²) >= 11 is 1.42. The molecule has 146 valence electrons. The van der Waals surface area contributed by atoms with E-state index in [9.17, 15) is 4.79 Å². The van der Waals surface area contributed by atoms with Crippen LogP contribution in [-0.4, -0.2) is 34.6 Å². The zero-order valence-corrected chi connectivity index (χ0v) is 17.8. The number of thioether (sulfide) groups is 1. The predicted octanol–water partition coefficient (Wildman–Crippen LogP) is 5.29. The van der Waals surface area contributed by atoms with Crippen LogP contribution >= 0.6 is 11.8 Å². The van der Waals surface area contributed by atoms with Gasteiger partial charge in [0.2, 0.25) is 0 Å². The Labute approximate surface area is 175 Å². The molecule has 1 aromatic heterocycles. The molecule has 5 heteroatoms. The first-order valence-electron chi connectivity index (χ1n) is 9.49. The molecule has 0 bridgehead atoms. The van der Waals surface area contributed by atoms with Crippen LogP contribution in [0.25, 0.3) is 22.9 Å². The average molecular weight is 402 g/mol. The van der Waals surface area contributed by atoms with Gasteiger partial charge in [0, 0.05) is 31.2 Å². The molecule has 1 fully saturated rings. The van der Waals surface area contributed by atoms with Gasteiger partial charge in [-0.15, -0.1) is 0 Å². The third-order valence-corrected chi connectivity index (χ3v) is 6.34. The molecule has 0 aliphatic carbocycles. The number of rotatable bonds is 3. The van der Waals surface area contributed by atoms with Gasteiger partial charge in [-0.25, -0.2) is 0 Å². The zero-order valence-electron chi connectivity index (χ0n) is 17.0. The van der Waals surface area contributed by atoms with Crippen LogP contribution in [0.3, 0.4) is 0 Å². The third kappa shape index (κ3) is 3.54. The van der Waals surface area contributed by atoms with Gasteiger partial charge in [-0.1, -0.05) is 42.5 Å². The van der Waals surface area contributed by atoms with Gasteiger partial charge < -0.3 is 4.57 Å². The van der Waals surface area contributed by atoms with Crippen LogP contribution in [0.4, 0.5) is 0 Å². The van der Waals surface area contributed by atoms with Crippen molar-refractivity contribution in [2.75, 3.05) is 14.1 Å². The van der Waals surface area contributed by atoms with Gasteiger partial charge in [0.1, 0.15) is 0 Å². The summed E-state index contributed by atoms with van der Waals surface area (Å²) in [6, 6.07) is 21.1. The molecule has 0 spiro atoms. The van der Waals surface area contributed by atoms with Crippen molar-refractivity contribution in [2.24, 2.45) is 4.99 Å². The molecule has 29 heavy (non-hydrogen) atoms. The lowest BCUT2D eigenvalue weighted by Gasteiger charge is -2.11. The van der Waals surface area contributed by atoms with Crippen LogP contribution in [-0.2, 0) is 4.79 Å². The van der Waals surface area contributed by atoms with Crippen LogP contribution in [0, 0.1) is 13.8 Å². The standard InChI is InChI=1S/C24H23N3OS/c1-16-14-20(15-22-23(28)26(4)24(25-3)29-22)17(2)27(16)21-12-10-19(11-13-21)18-8-6-5-7-9-18/h5-15H,1-4H3/b22-15-,25-24?. The van der Waals surface area contributed by atoms with Gasteiger partial charge >= 0.3 is 0 Å². The number of carbonyl (C=O) groups excluding carboxylic acids is 1. The molecule has 0 unspecified atom stereocenters. The Morgan fingerprint density at radius 1 is 0.966 bits per heavy atom. The zero-order chi connectivity index (χ0) is 20.5. The molecular formula is C24H23N3OS. The van der Waals surface area contributed by atoms with Crippen LogP contribution < -0.4 is 0 Å². The van der Waals surface area contributed by atoms with E-state index in [0.29, 0.717) is 4.91 Å². The number of nitrogens with zero attached hydrogens (tertiary/aromatic N) is 3. The topological polar surface area (TPSA) is 37.6 Å². The van der Waals surface area contributed by atoms with E-state index in [1.165, 1.54) is 22.9 Å². The van der Waals surface area contributed by atoms with Crippen LogP contribution in [0.5, 0.6) is 0 Å². The van der Waals surface area contributed by atoms with Crippen molar-refractivity contribution >= 4 is 28.9 Å². The molecule has 1 aliphatic rings. The molecule has 4 rings (SSSR count). The van der Waals surface area contributed by atoms with Gasteiger partial charge in [0.15, 0.2) is 5.17 Å². The van der Waals surface area contributed by atoms with Crippen LogP contribution in [0.2, 0.25) is 0 Å². The Kier molecular flexibility index (Phi) is 5.16. The van der Waals surface area contributed by atoms with E-state index >= 15 is 0 Å². The molecule has 1 saturated heterocycles. The van der Waals surface area contributed by atoms with Crippen molar-refractivity contribution in [1.82, 2.24) is 9.47 Å². The number of hydrogen-bond acceptors (Lipinski definition) is 3. The second-order valence-corrected chi connectivity index (χ2v) is 8.06. The molecule has 0 atom stereocenters. The number of hydrogen-bond donors (Lipinski definition) is 0. The average Bonchev–Trinajstić information content (AvgIpc) is 3.18. The van der Waals surface area contributed by atoms with Crippen LogP contribution in [0.15, 0.2) is 70.6 Å². The molecule has 0 radical (unpaired) electrons. The fourth-order valence-electron chi connectivity index (χ4n) is 3.66. The van der Waals surface area contributed by atoms with Gasteiger partial charge in [-0.05, 0) is 66.6 Å². The van der Waals surface area contributed by atoms with E-state index in [4.69, 9.17) is 0 Å². The van der Waals surface area contributed by atoms with Gasteiger partial charge in [0.25, 0.3) is 5.91 Å². The molecule has 1 amide bonds. The quantitative estimate of drug-likeness (QED) is 0.559. The lowest BCUT2D eigenvalue weighted by molar-refractivity contribution is -0.121. The van der Waals surface area contributed by atoms with Crippen molar-refractivity contribution in [3.8, 4) is 16.8 Å². The summed E-state index contributed by atoms with van der Waals surface area (Å²) < 4.78 is 2.23. The van der Waals surface area contributed by atoms with E-state index in [1.54, 1.807) is 19.0 Å². The first-order chi connectivity index (χ1) is 14.0. The number of carbonyl (C=O) groups is 1. The maximum absolute atomic E-state index is 12.5. The number of likely N-dealkylation sites (N-methyl/N-ethyl adjacent to an activating group) is 1. The summed E-state index contributed by atoms with van der Waals surface area (Å²) in [5.41, 5.74) is 6.82. The Bertz CT molecular complexity index is 1120. The second-order valence-electron chi connectivity index (χ2n) is 7.06. The summed E-state index contributed by atoms with van der Waals surface area (Å²) in [4.78, 5) is 18.9. The Balaban J connectivity index is 1.68. The Morgan fingerprint density at radius 2 is 1.62 bits per heavy atom. The number of amides is 1. The van der Waals surface area contributed by atoms with Gasteiger partial charge in [0.05, 0.1) is 4.91 Å². The molecule has 4 nitrogen and oxygen atoms in total. The van der Waals surface area contributed by atoms with E-state index in [-0.39, 0.29) is 5.91 Å². The van der Waals surface area contributed by atoms with Gasteiger partial charge in [-0.3, -0.25) is 14.7 Å². The minimum atomic E-state index is -0.00684. The maximum Gasteiger partial charge on any atom is 0.266 e. The monoisotopic (exact) mass is 401 g/mol. The summed E-state index contributed by atoms with van der Waals surface area (Å²) in [5, 5.41) is 0.728. The lowest BCUT2D eigenvalue weighted by Crippen LogP contribution is -2.23. The molecular weight excluding hydrogens is 378 g/mol. The highest BCUT2D eigenvalue weighted by Gasteiger charge is 2.30. The summed E-state index contributed by atoms with van der Waals surface area (Å²) in [5.74, 6) is -0.00684. The predicted molar refractivity (Wildman–Crippen MR) is 122 cm³/mol. The largest absolute Gasteiger partial charge is 0.318 e. The van der Waals surface area contributed by atoms with Crippen molar-refractivity contribution in [1.29, 1.82) is 0 Å². The van der Waals surface area contributed by atoms with E-state index in [2.05, 4.69) is 78.0 Å². The first kappa shape index (κ1) is 19.3. The number of aryl methyl sites for hydroxylation is 1. The normalized spacial score (nSPS) is 17.0. The Morgan fingerprint density at radius 3 is 2.24 bits per heavy atom. The number of aromatic nitrogens is 1. The van der Waals surface area contributed by atoms with E-state index < -0.39 is 0 Å². The maximum atomic E-state index is 12.5. The van der Waals surface area contributed by atoms with Crippen molar-refractivity contribution < 1.29 is 4.79 Å². The minimum absolute atomic E-state index is 0.00684.